The Balaban J connectivity index is 2.69. The number of anilines is 1. The average Bonchev–Trinajstić information content (AvgIpc) is 2.37. The molecule has 6 heteroatoms. The van der Waals surface area contributed by atoms with Gasteiger partial charge >= 0.3 is 0 Å². The van der Waals surface area contributed by atoms with Gasteiger partial charge in [0.25, 0.3) is 0 Å². The van der Waals surface area contributed by atoms with E-state index in [1.54, 1.807) is 13.2 Å². The topological polar surface area (TPSA) is 81.4 Å². The van der Waals surface area contributed by atoms with Gasteiger partial charge in [-0.3, -0.25) is 4.72 Å². The maximum atomic E-state index is 11.9. The number of methoxy groups -OCH3 is 1. The van der Waals surface area contributed by atoms with Crippen molar-refractivity contribution in [2.75, 3.05) is 30.7 Å². The van der Waals surface area contributed by atoms with Gasteiger partial charge in [0.2, 0.25) is 10.0 Å². The molecule has 108 valence electrons. The number of para-hydroxylation sites is 1. The molecule has 0 atom stereocenters. The Kier molecular flexibility index (Phi) is 6.83. The molecule has 0 aliphatic carbocycles. The van der Waals surface area contributed by atoms with Crippen LogP contribution in [-0.2, 0) is 21.2 Å². The number of sulfonamides is 1. The van der Waals surface area contributed by atoms with Gasteiger partial charge in [-0.25, -0.2) is 8.42 Å². The van der Waals surface area contributed by atoms with E-state index in [4.69, 9.17) is 10.5 Å². The summed E-state index contributed by atoms with van der Waals surface area (Å²) in [5.41, 5.74) is 6.93. The molecule has 1 rings (SSSR count). The number of benzene rings is 1. The van der Waals surface area contributed by atoms with Gasteiger partial charge in [0, 0.05) is 7.11 Å². The first kappa shape index (κ1) is 15.9. The molecule has 0 spiro atoms. The zero-order chi connectivity index (χ0) is 14.1. The fourth-order valence-electron chi connectivity index (χ4n) is 1.70. The second kappa shape index (κ2) is 8.14. The van der Waals surface area contributed by atoms with Crippen molar-refractivity contribution < 1.29 is 13.2 Å². The Labute approximate surface area is 115 Å². The second-order valence-corrected chi connectivity index (χ2v) is 6.16. The summed E-state index contributed by atoms with van der Waals surface area (Å²) >= 11 is 0. The fraction of sp³-hybridized carbons (Fsp3) is 0.538. The highest BCUT2D eigenvalue weighted by molar-refractivity contribution is 7.92. The van der Waals surface area contributed by atoms with Crippen LogP contribution in [0, 0.1) is 0 Å². The van der Waals surface area contributed by atoms with E-state index in [1.807, 2.05) is 18.2 Å². The van der Waals surface area contributed by atoms with Crippen LogP contribution in [0.2, 0.25) is 0 Å². The summed E-state index contributed by atoms with van der Waals surface area (Å²) in [4.78, 5) is 0. The van der Waals surface area contributed by atoms with Gasteiger partial charge in [-0.2, -0.15) is 0 Å². The van der Waals surface area contributed by atoms with E-state index in [0.29, 0.717) is 38.1 Å². The van der Waals surface area contributed by atoms with Crippen LogP contribution >= 0.6 is 0 Å². The summed E-state index contributed by atoms with van der Waals surface area (Å²) in [6, 6.07) is 7.37. The van der Waals surface area contributed by atoms with Gasteiger partial charge in [0.15, 0.2) is 0 Å². The molecular weight excluding hydrogens is 264 g/mol. The van der Waals surface area contributed by atoms with Crippen molar-refractivity contribution in [3.05, 3.63) is 29.8 Å². The second-order valence-electron chi connectivity index (χ2n) is 4.32. The minimum absolute atomic E-state index is 0.100. The lowest BCUT2D eigenvalue weighted by Crippen LogP contribution is -2.18. The zero-order valence-corrected chi connectivity index (χ0v) is 12.1. The molecule has 0 amide bonds. The van der Waals surface area contributed by atoms with Crippen molar-refractivity contribution in [3.63, 3.8) is 0 Å². The Bertz CT molecular complexity index is 475. The Hall–Kier alpha value is -1.11. The molecule has 0 aliphatic rings. The molecule has 1 aromatic rings. The number of hydrogen-bond acceptors (Lipinski definition) is 4. The largest absolute Gasteiger partial charge is 0.384 e. The van der Waals surface area contributed by atoms with Gasteiger partial charge < -0.3 is 10.5 Å². The summed E-state index contributed by atoms with van der Waals surface area (Å²) in [7, 11) is -1.68. The van der Waals surface area contributed by atoms with E-state index < -0.39 is 10.0 Å². The van der Waals surface area contributed by atoms with Gasteiger partial charge in [0.05, 0.1) is 18.0 Å². The highest BCUT2D eigenvalue weighted by atomic mass is 32.2. The molecule has 0 saturated heterocycles. The SMILES string of the molecule is COCCc1ccccc1NS(=O)(=O)CCCCN. The van der Waals surface area contributed by atoms with Crippen molar-refractivity contribution in [3.8, 4) is 0 Å². The van der Waals surface area contributed by atoms with Crippen LogP contribution in [0.1, 0.15) is 18.4 Å². The normalized spacial score (nSPS) is 11.5. The number of nitrogens with one attached hydrogen (secondary N) is 1. The molecule has 3 N–H and O–H groups in total. The van der Waals surface area contributed by atoms with E-state index in [-0.39, 0.29) is 5.75 Å². The van der Waals surface area contributed by atoms with Gasteiger partial charge in [-0.05, 0) is 37.4 Å². The number of unbranched alkanes of at least 4 members (excludes halogenated alkanes) is 1. The van der Waals surface area contributed by atoms with E-state index in [0.717, 1.165) is 5.56 Å². The van der Waals surface area contributed by atoms with Crippen molar-refractivity contribution in [1.82, 2.24) is 0 Å². The third-order valence-electron chi connectivity index (χ3n) is 2.73. The molecule has 0 fully saturated rings. The third-order valence-corrected chi connectivity index (χ3v) is 4.08. The Morgan fingerprint density at radius 3 is 2.68 bits per heavy atom. The maximum Gasteiger partial charge on any atom is 0.232 e. The van der Waals surface area contributed by atoms with Crippen LogP contribution in [0.5, 0.6) is 0 Å². The quantitative estimate of drug-likeness (QED) is 0.672. The first-order valence-corrected chi connectivity index (χ1v) is 8.01. The number of hydrogen-bond donors (Lipinski definition) is 2. The van der Waals surface area contributed by atoms with E-state index in [9.17, 15) is 8.42 Å². The smallest absolute Gasteiger partial charge is 0.232 e. The minimum Gasteiger partial charge on any atom is -0.384 e. The summed E-state index contributed by atoms with van der Waals surface area (Å²) in [6.45, 7) is 1.08. The summed E-state index contributed by atoms with van der Waals surface area (Å²) in [5.74, 6) is 0.100. The lowest BCUT2D eigenvalue weighted by Gasteiger charge is -2.12. The number of rotatable bonds is 9. The Morgan fingerprint density at radius 2 is 2.00 bits per heavy atom. The first-order chi connectivity index (χ1) is 9.09. The van der Waals surface area contributed by atoms with Crippen LogP contribution in [0.4, 0.5) is 5.69 Å². The lowest BCUT2D eigenvalue weighted by molar-refractivity contribution is 0.202. The molecule has 0 unspecified atom stereocenters. The van der Waals surface area contributed by atoms with Crippen LogP contribution < -0.4 is 10.5 Å². The molecule has 0 aliphatic heterocycles. The average molecular weight is 286 g/mol. The van der Waals surface area contributed by atoms with Crippen molar-refractivity contribution in [1.29, 1.82) is 0 Å². The van der Waals surface area contributed by atoms with Gasteiger partial charge in [-0.15, -0.1) is 0 Å². The summed E-state index contributed by atoms with van der Waals surface area (Å²) < 4.78 is 31.5. The van der Waals surface area contributed by atoms with E-state index in [2.05, 4.69) is 4.72 Å². The number of ether oxygens (including phenoxy) is 1. The highest BCUT2D eigenvalue weighted by Gasteiger charge is 2.12. The molecule has 0 bridgehead atoms. The first-order valence-electron chi connectivity index (χ1n) is 6.36. The molecule has 1 aromatic carbocycles. The van der Waals surface area contributed by atoms with Crippen LogP contribution in [0.15, 0.2) is 24.3 Å². The molecular formula is C13H22N2O3S. The molecule has 19 heavy (non-hydrogen) atoms. The van der Waals surface area contributed by atoms with Crippen molar-refractivity contribution >= 4 is 15.7 Å². The Morgan fingerprint density at radius 1 is 1.26 bits per heavy atom. The maximum absolute atomic E-state index is 11.9. The standard InChI is InChI=1S/C13H22N2O3S/c1-18-10-8-12-6-2-3-7-13(12)15-19(16,17)11-5-4-9-14/h2-3,6-7,15H,4-5,8-11,14H2,1H3. The van der Waals surface area contributed by atoms with E-state index in [1.165, 1.54) is 0 Å². The fourth-order valence-corrected chi connectivity index (χ4v) is 2.93. The zero-order valence-electron chi connectivity index (χ0n) is 11.3. The van der Waals surface area contributed by atoms with Crippen LogP contribution in [0.25, 0.3) is 0 Å². The molecule has 0 radical (unpaired) electrons. The summed E-state index contributed by atoms with van der Waals surface area (Å²) in [6.07, 6.45) is 1.97. The highest BCUT2D eigenvalue weighted by Crippen LogP contribution is 2.17. The monoisotopic (exact) mass is 286 g/mol. The lowest BCUT2D eigenvalue weighted by atomic mass is 10.1. The third kappa shape index (κ3) is 6.04. The predicted molar refractivity (Wildman–Crippen MR) is 77.7 cm³/mol. The molecule has 5 nitrogen and oxygen atoms in total. The minimum atomic E-state index is -3.30. The van der Waals surface area contributed by atoms with Gasteiger partial charge in [-0.1, -0.05) is 18.2 Å². The molecule has 0 heterocycles. The van der Waals surface area contributed by atoms with Gasteiger partial charge in [0.1, 0.15) is 0 Å². The van der Waals surface area contributed by atoms with Crippen LogP contribution in [0.3, 0.4) is 0 Å². The predicted octanol–water partition coefficient (Wildman–Crippen LogP) is 1.36. The van der Waals surface area contributed by atoms with Crippen molar-refractivity contribution in [2.24, 2.45) is 5.73 Å². The molecule has 0 saturated carbocycles. The molecule has 0 aromatic heterocycles. The van der Waals surface area contributed by atoms with Crippen LogP contribution in [-0.4, -0.2) is 34.4 Å². The van der Waals surface area contributed by atoms with Crippen molar-refractivity contribution in [2.45, 2.75) is 19.3 Å². The summed E-state index contributed by atoms with van der Waals surface area (Å²) in [5, 5.41) is 0. The van der Waals surface area contributed by atoms with E-state index >= 15 is 0 Å². The number of nitrogens with two attached hydrogens (primary N) is 1.